The van der Waals surface area contributed by atoms with E-state index in [2.05, 4.69) is 9.82 Å². The van der Waals surface area contributed by atoms with E-state index in [1.807, 2.05) is 13.1 Å². The first-order valence-corrected chi connectivity index (χ1v) is 9.29. The van der Waals surface area contributed by atoms with Crippen LogP contribution in [0.25, 0.3) is 0 Å². The molecule has 7 nitrogen and oxygen atoms in total. The molecule has 0 saturated carbocycles. The van der Waals surface area contributed by atoms with Crippen molar-refractivity contribution in [3.05, 3.63) is 47.5 Å². The van der Waals surface area contributed by atoms with Crippen LogP contribution >= 0.6 is 0 Å². The van der Waals surface area contributed by atoms with Gasteiger partial charge in [-0.15, -0.1) is 0 Å². The number of hydrogen-bond donors (Lipinski definition) is 1. The highest BCUT2D eigenvalue weighted by Gasteiger charge is 2.34. The van der Waals surface area contributed by atoms with Gasteiger partial charge in [0.1, 0.15) is 18.0 Å². The minimum absolute atomic E-state index is 0.152. The number of sulfonamides is 1. The van der Waals surface area contributed by atoms with Crippen molar-refractivity contribution in [1.29, 1.82) is 5.26 Å². The third kappa shape index (κ3) is 3.56. The summed E-state index contributed by atoms with van der Waals surface area (Å²) in [5, 5.41) is 13.1. The lowest BCUT2D eigenvalue weighted by molar-refractivity contribution is 0.102. The fourth-order valence-corrected chi connectivity index (χ4v) is 4.06. The Hall–Kier alpha value is -2.28. The first-order chi connectivity index (χ1) is 11.9. The minimum Gasteiger partial charge on any atom is -0.372 e. The number of benzene rings is 1. The Morgan fingerprint density at radius 1 is 1.52 bits per heavy atom. The number of nitrogens with zero attached hydrogens (tertiary/aromatic N) is 3. The van der Waals surface area contributed by atoms with E-state index in [9.17, 15) is 12.8 Å². The number of halogens is 1. The van der Waals surface area contributed by atoms with E-state index in [1.54, 1.807) is 16.9 Å². The smallest absolute Gasteiger partial charge is 0.240 e. The molecule has 0 unspecified atom stereocenters. The van der Waals surface area contributed by atoms with Crippen molar-refractivity contribution in [2.45, 2.75) is 36.9 Å². The van der Waals surface area contributed by atoms with Crippen LogP contribution in [-0.4, -0.2) is 30.8 Å². The second-order valence-corrected chi connectivity index (χ2v) is 7.40. The Morgan fingerprint density at radius 3 is 3.00 bits per heavy atom. The van der Waals surface area contributed by atoms with Crippen LogP contribution in [0.1, 0.15) is 30.6 Å². The third-order valence-electron chi connectivity index (χ3n) is 4.07. The summed E-state index contributed by atoms with van der Waals surface area (Å²) in [4.78, 5) is -0.152. The van der Waals surface area contributed by atoms with Crippen LogP contribution in [0.2, 0.25) is 0 Å². The number of nitrogens with one attached hydrogen (secondary N) is 1. The van der Waals surface area contributed by atoms with Gasteiger partial charge in [-0.05, 0) is 31.5 Å². The van der Waals surface area contributed by atoms with Gasteiger partial charge in [-0.2, -0.15) is 10.4 Å². The number of hydrogen-bond acceptors (Lipinski definition) is 5. The molecule has 1 aromatic heterocycles. The summed E-state index contributed by atoms with van der Waals surface area (Å²) in [5.74, 6) is -0.754. The van der Waals surface area contributed by atoms with E-state index in [1.165, 1.54) is 0 Å². The molecule has 3 rings (SSSR count). The molecule has 1 aliphatic heterocycles. The van der Waals surface area contributed by atoms with Crippen LogP contribution < -0.4 is 4.72 Å². The number of ether oxygens (including phenoxy) is 1. The van der Waals surface area contributed by atoms with Crippen molar-refractivity contribution >= 4 is 10.0 Å². The highest BCUT2D eigenvalue weighted by molar-refractivity contribution is 7.89. The van der Waals surface area contributed by atoms with Crippen LogP contribution in [0.15, 0.2) is 35.5 Å². The molecule has 0 spiro atoms. The largest absolute Gasteiger partial charge is 0.372 e. The van der Waals surface area contributed by atoms with Crippen molar-refractivity contribution in [2.24, 2.45) is 0 Å². The maximum Gasteiger partial charge on any atom is 0.240 e. The fraction of sp³-hybridized carbons (Fsp3) is 0.375. The quantitative estimate of drug-likeness (QED) is 0.871. The van der Waals surface area contributed by atoms with Gasteiger partial charge in [0, 0.05) is 24.9 Å². The van der Waals surface area contributed by atoms with E-state index in [0.717, 1.165) is 23.8 Å². The van der Waals surface area contributed by atoms with Gasteiger partial charge >= 0.3 is 0 Å². The Morgan fingerprint density at radius 2 is 2.32 bits per heavy atom. The number of aryl methyl sites for hydroxylation is 1. The Kier molecular flexibility index (Phi) is 4.85. The predicted octanol–water partition coefficient (Wildman–Crippen LogP) is 1.72. The lowest BCUT2D eigenvalue weighted by atomic mass is 10.1. The summed E-state index contributed by atoms with van der Waals surface area (Å²) in [7, 11) is -3.91. The summed E-state index contributed by atoms with van der Waals surface area (Å²) in [5.41, 5.74) is 0.482. The first kappa shape index (κ1) is 17.5. The molecule has 0 amide bonds. The summed E-state index contributed by atoms with van der Waals surface area (Å²) in [6.07, 6.45) is 3.55. The van der Waals surface area contributed by atoms with Gasteiger partial charge in [-0.1, -0.05) is 0 Å². The van der Waals surface area contributed by atoms with Gasteiger partial charge in [0.05, 0.1) is 22.7 Å². The lowest BCUT2D eigenvalue weighted by Crippen LogP contribution is -2.36. The molecule has 9 heteroatoms. The standard InChI is InChI=1S/C16H17FN4O3S/c1-2-21-10-12(9-19-21)16-15(5-6-24-16)20-25(22,23)13-3-4-14(17)11(7-13)8-18/h3-4,7,9-10,15-16,20H,2,5-6H2,1H3/t15-,16+/m0/s1. The molecule has 2 heterocycles. The third-order valence-corrected chi connectivity index (χ3v) is 5.56. The number of nitriles is 1. The average Bonchev–Trinajstić information content (AvgIpc) is 3.23. The maximum atomic E-state index is 13.4. The van der Waals surface area contributed by atoms with Crippen LogP contribution in [-0.2, 0) is 21.3 Å². The minimum atomic E-state index is -3.91. The van der Waals surface area contributed by atoms with E-state index >= 15 is 0 Å². The van der Waals surface area contributed by atoms with Gasteiger partial charge in [-0.25, -0.2) is 17.5 Å². The van der Waals surface area contributed by atoms with Crippen LogP contribution in [0.5, 0.6) is 0 Å². The van der Waals surface area contributed by atoms with Gasteiger partial charge in [0.25, 0.3) is 0 Å². The molecule has 2 aromatic rings. The molecule has 2 atom stereocenters. The molecule has 1 aromatic carbocycles. The maximum absolute atomic E-state index is 13.4. The molecule has 0 radical (unpaired) electrons. The summed E-state index contributed by atoms with van der Waals surface area (Å²) in [6.45, 7) is 3.07. The molecule has 1 saturated heterocycles. The first-order valence-electron chi connectivity index (χ1n) is 7.80. The predicted molar refractivity (Wildman–Crippen MR) is 86.4 cm³/mol. The monoisotopic (exact) mass is 364 g/mol. The van der Waals surface area contributed by atoms with Crippen molar-refractivity contribution in [1.82, 2.24) is 14.5 Å². The van der Waals surface area contributed by atoms with E-state index in [0.29, 0.717) is 19.6 Å². The van der Waals surface area contributed by atoms with Crippen molar-refractivity contribution < 1.29 is 17.5 Å². The summed E-state index contributed by atoms with van der Waals surface area (Å²) < 4.78 is 48.6. The van der Waals surface area contributed by atoms with Gasteiger partial charge in [0.15, 0.2) is 0 Å². The second-order valence-electron chi connectivity index (χ2n) is 5.69. The van der Waals surface area contributed by atoms with Crippen LogP contribution in [0, 0.1) is 17.1 Å². The van der Waals surface area contributed by atoms with Gasteiger partial charge in [0.2, 0.25) is 10.0 Å². The van der Waals surface area contributed by atoms with E-state index in [4.69, 9.17) is 10.00 Å². The zero-order valence-corrected chi connectivity index (χ0v) is 14.3. The Labute approximate surface area is 145 Å². The highest BCUT2D eigenvalue weighted by Crippen LogP contribution is 2.30. The fourth-order valence-electron chi connectivity index (χ4n) is 2.76. The molecule has 1 fully saturated rings. The van der Waals surface area contributed by atoms with Crippen molar-refractivity contribution in [2.75, 3.05) is 6.61 Å². The molecule has 0 bridgehead atoms. The zero-order chi connectivity index (χ0) is 18.0. The molecular formula is C16H17FN4O3S. The SMILES string of the molecule is CCn1cc([C@H]2OCC[C@@H]2NS(=O)(=O)c2ccc(F)c(C#N)c2)cn1. The molecule has 1 aliphatic rings. The molecule has 1 N–H and O–H groups in total. The van der Waals surface area contributed by atoms with E-state index < -0.39 is 28.0 Å². The van der Waals surface area contributed by atoms with Gasteiger partial charge < -0.3 is 4.74 Å². The highest BCUT2D eigenvalue weighted by atomic mass is 32.2. The van der Waals surface area contributed by atoms with Crippen molar-refractivity contribution in [3.63, 3.8) is 0 Å². The molecule has 132 valence electrons. The Balaban J connectivity index is 1.83. The second kappa shape index (κ2) is 6.92. The van der Waals surface area contributed by atoms with E-state index in [-0.39, 0.29) is 10.5 Å². The van der Waals surface area contributed by atoms with Gasteiger partial charge in [-0.3, -0.25) is 4.68 Å². The average molecular weight is 364 g/mol. The molecular weight excluding hydrogens is 347 g/mol. The molecule has 25 heavy (non-hydrogen) atoms. The topological polar surface area (TPSA) is 97.0 Å². The van der Waals surface area contributed by atoms with Crippen LogP contribution in [0.3, 0.4) is 0 Å². The number of rotatable bonds is 5. The molecule has 0 aliphatic carbocycles. The number of aromatic nitrogens is 2. The lowest BCUT2D eigenvalue weighted by Gasteiger charge is -2.19. The summed E-state index contributed by atoms with van der Waals surface area (Å²) in [6, 6.07) is 4.32. The van der Waals surface area contributed by atoms with Crippen LogP contribution in [0.4, 0.5) is 4.39 Å². The normalized spacial score (nSPS) is 20.5. The van der Waals surface area contributed by atoms with Crippen molar-refractivity contribution in [3.8, 4) is 6.07 Å². The Bertz CT molecular complexity index is 920. The zero-order valence-electron chi connectivity index (χ0n) is 13.5. The summed E-state index contributed by atoms with van der Waals surface area (Å²) >= 11 is 0.